The number of esters is 1. The molecule has 170 valence electrons. The summed E-state index contributed by atoms with van der Waals surface area (Å²) in [6.45, 7) is 4.32. The number of aromatic hydroxyl groups is 1. The van der Waals surface area contributed by atoms with Crippen molar-refractivity contribution in [2.45, 2.75) is 51.3 Å². The highest BCUT2D eigenvalue weighted by molar-refractivity contribution is 5.92. The van der Waals surface area contributed by atoms with Crippen molar-refractivity contribution in [1.82, 2.24) is 15.5 Å². The molecule has 0 bridgehead atoms. The molecule has 31 heavy (non-hydrogen) atoms. The van der Waals surface area contributed by atoms with E-state index >= 15 is 0 Å². The van der Waals surface area contributed by atoms with E-state index in [1.807, 2.05) is 0 Å². The van der Waals surface area contributed by atoms with Crippen molar-refractivity contribution in [3.8, 4) is 5.75 Å². The Morgan fingerprint density at radius 1 is 1.13 bits per heavy atom. The van der Waals surface area contributed by atoms with Crippen molar-refractivity contribution in [2.24, 2.45) is 0 Å². The SMILES string of the molecule is COC(=O)CNC(=O)C(c1ccccc1O)N(C(=O)CNC(=O)OC(C)(C)C)C1CC1. The third-order valence-electron chi connectivity index (χ3n) is 4.40. The summed E-state index contributed by atoms with van der Waals surface area (Å²) in [7, 11) is 1.19. The smallest absolute Gasteiger partial charge is 0.408 e. The predicted octanol–water partition coefficient (Wildman–Crippen LogP) is 1.24. The van der Waals surface area contributed by atoms with Gasteiger partial charge in [-0.15, -0.1) is 0 Å². The molecule has 1 aliphatic carbocycles. The van der Waals surface area contributed by atoms with Crippen LogP contribution in [0.3, 0.4) is 0 Å². The van der Waals surface area contributed by atoms with Crippen molar-refractivity contribution in [1.29, 1.82) is 0 Å². The number of hydrogen-bond acceptors (Lipinski definition) is 7. The number of phenols is 1. The Kier molecular flexibility index (Phi) is 7.84. The third kappa shape index (κ3) is 7.16. The van der Waals surface area contributed by atoms with E-state index in [0.717, 1.165) is 0 Å². The van der Waals surface area contributed by atoms with Gasteiger partial charge in [-0.2, -0.15) is 0 Å². The Labute approximate surface area is 180 Å². The number of alkyl carbamates (subject to hydrolysis) is 1. The van der Waals surface area contributed by atoms with Crippen LogP contribution in [0.5, 0.6) is 5.75 Å². The van der Waals surface area contributed by atoms with Gasteiger partial charge in [-0.25, -0.2) is 4.79 Å². The largest absolute Gasteiger partial charge is 0.508 e. The van der Waals surface area contributed by atoms with Gasteiger partial charge >= 0.3 is 12.1 Å². The summed E-state index contributed by atoms with van der Waals surface area (Å²) < 4.78 is 9.68. The van der Waals surface area contributed by atoms with Crippen LogP contribution < -0.4 is 10.6 Å². The second kappa shape index (κ2) is 10.1. The van der Waals surface area contributed by atoms with Gasteiger partial charge in [-0.1, -0.05) is 18.2 Å². The summed E-state index contributed by atoms with van der Waals surface area (Å²) in [5.74, 6) is -1.99. The van der Waals surface area contributed by atoms with Gasteiger partial charge in [0.1, 0.15) is 30.5 Å². The van der Waals surface area contributed by atoms with Crippen molar-refractivity contribution in [3.05, 3.63) is 29.8 Å². The number of carbonyl (C=O) groups is 4. The number of hydrogen-bond donors (Lipinski definition) is 3. The lowest BCUT2D eigenvalue weighted by Gasteiger charge is -2.32. The zero-order chi connectivity index (χ0) is 23.2. The van der Waals surface area contributed by atoms with E-state index in [-0.39, 0.29) is 30.4 Å². The van der Waals surface area contributed by atoms with Crippen LogP contribution in [0.1, 0.15) is 45.2 Å². The molecule has 1 aromatic carbocycles. The lowest BCUT2D eigenvalue weighted by molar-refractivity contribution is -0.144. The molecular weight excluding hydrogens is 406 g/mol. The van der Waals surface area contributed by atoms with Crippen molar-refractivity contribution < 1.29 is 33.8 Å². The van der Waals surface area contributed by atoms with Crippen molar-refractivity contribution >= 4 is 23.9 Å². The molecule has 1 atom stereocenters. The Morgan fingerprint density at radius 2 is 1.77 bits per heavy atom. The van der Waals surface area contributed by atoms with E-state index in [1.54, 1.807) is 32.9 Å². The van der Waals surface area contributed by atoms with Gasteiger partial charge < -0.3 is 30.1 Å². The number of amides is 3. The zero-order valence-corrected chi connectivity index (χ0v) is 18.1. The molecule has 2 rings (SSSR count). The van der Waals surface area contributed by atoms with E-state index in [2.05, 4.69) is 15.4 Å². The highest BCUT2D eigenvalue weighted by atomic mass is 16.6. The van der Waals surface area contributed by atoms with Crippen molar-refractivity contribution in [2.75, 3.05) is 20.2 Å². The number of carbonyl (C=O) groups excluding carboxylic acids is 4. The average Bonchev–Trinajstić information content (AvgIpc) is 3.52. The summed E-state index contributed by atoms with van der Waals surface area (Å²) in [5.41, 5.74) is -0.516. The molecule has 1 unspecified atom stereocenters. The summed E-state index contributed by atoms with van der Waals surface area (Å²) in [6, 6.07) is 4.74. The fourth-order valence-electron chi connectivity index (χ4n) is 2.93. The van der Waals surface area contributed by atoms with Crippen LogP contribution in [-0.4, -0.2) is 65.7 Å². The number of nitrogens with zero attached hydrogens (tertiary/aromatic N) is 1. The fraction of sp³-hybridized carbons (Fsp3) is 0.524. The number of ether oxygens (including phenoxy) is 2. The van der Waals surface area contributed by atoms with Crippen LogP contribution in [0.4, 0.5) is 4.79 Å². The minimum atomic E-state index is -1.19. The standard InChI is InChI=1S/C21H29N3O7/c1-21(2,3)31-20(29)23-11-16(26)24(13-9-10-13)18(14-7-5-6-8-15(14)25)19(28)22-12-17(27)30-4/h5-8,13,18,25H,9-12H2,1-4H3,(H,22,28)(H,23,29). The van der Waals surface area contributed by atoms with Crippen LogP contribution in [-0.2, 0) is 23.9 Å². The molecule has 1 fully saturated rings. The average molecular weight is 435 g/mol. The molecule has 1 saturated carbocycles. The molecular formula is C21H29N3O7. The second-order valence-corrected chi connectivity index (χ2v) is 8.14. The third-order valence-corrected chi connectivity index (χ3v) is 4.40. The van der Waals surface area contributed by atoms with E-state index in [9.17, 15) is 24.3 Å². The van der Waals surface area contributed by atoms with Crippen molar-refractivity contribution in [3.63, 3.8) is 0 Å². The molecule has 3 amide bonds. The molecule has 10 heteroatoms. The van der Waals surface area contributed by atoms with E-state index in [1.165, 1.54) is 24.1 Å². The lowest BCUT2D eigenvalue weighted by atomic mass is 10.0. The first-order valence-electron chi connectivity index (χ1n) is 9.94. The second-order valence-electron chi connectivity index (χ2n) is 8.14. The zero-order valence-electron chi connectivity index (χ0n) is 18.1. The molecule has 0 spiro atoms. The predicted molar refractivity (Wildman–Crippen MR) is 110 cm³/mol. The number of rotatable bonds is 8. The van der Waals surface area contributed by atoms with E-state index in [4.69, 9.17) is 4.74 Å². The Balaban J connectivity index is 2.24. The minimum absolute atomic E-state index is 0.167. The van der Waals surface area contributed by atoms with Crippen LogP contribution in [0.2, 0.25) is 0 Å². The van der Waals surface area contributed by atoms with Gasteiger partial charge in [0.15, 0.2) is 0 Å². The Hall–Kier alpha value is -3.30. The van der Waals surface area contributed by atoms with Crippen LogP contribution in [0.15, 0.2) is 24.3 Å². The van der Waals surface area contributed by atoms with Gasteiger partial charge in [-0.3, -0.25) is 14.4 Å². The molecule has 10 nitrogen and oxygen atoms in total. The Bertz CT molecular complexity index is 831. The molecule has 1 aromatic rings. The van der Waals surface area contributed by atoms with E-state index in [0.29, 0.717) is 12.8 Å². The number of para-hydroxylation sites is 1. The van der Waals surface area contributed by atoms with E-state index < -0.39 is 35.5 Å². The van der Waals surface area contributed by atoms with Crippen LogP contribution in [0.25, 0.3) is 0 Å². The van der Waals surface area contributed by atoms with Gasteiger partial charge in [0, 0.05) is 11.6 Å². The van der Waals surface area contributed by atoms with Gasteiger partial charge in [0.25, 0.3) is 0 Å². The number of benzene rings is 1. The maximum absolute atomic E-state index is 13.0. The monoisotopic (exact) mass is 435 g/mol. The summed E-state index contributed by atoms with van der Waals surface area (Å²) in [6.07, 6.45) is 0.588. The van der Waals surface area contributed by atoms with Crippen LogP contribution in [0, 0.1) is 0 Å². The Morgan fingerprint density at radius 3 is 2.32 bits per heavy atom. The highest BCUT2D eigenvalue weighted by Crippen LogP contribution is 2.37. The fourth-order valence-corrected chi connectivity index (χ4v) is 2.93. The quantitative estimate of drug-likeness (QED) is 0.523. The molecule has 0 heterocycles. The summed E-state index contributed by atoms with van der Waals surface area (Å²) in [5, 5.41) is 15.2. The molecule has 0 radical (unpaired) electrons. The number of nitrogens with one attached hydrogen (secondary N) is 2. The van der Waals surface area contributed by atoms with Crippen LogP contribution >= 0.6 is 0 Å². The maximum atomic E-state index is 13.0. The highest BCUT2D eigenvalue weighted by Gasteiger charge is 2.42. The van der Waals surface area contributed by atoms with Gasteiger partial charge in [0.2, 0.25) is 11.8 Å². The first-order valence-corrected chi connectivity index (χ1v) is 9.94. The molecule has 0 saturated heterocycles. The maximum Gasteiger partial charge on any atom is 0.408 e. The molecule has 0 aromatic heterocycles. The molecule has 3 N–H and O–H groups in total. The topological polar surface area (TPSA) is 134 Å². The first-order chi connectivity index (χ1) is 14.5. The lowest BCUT2D eigenvalue weighted by Crippen LogP contribution is -2.49. The van der Waals surface area contributed by atoms with Gasteiger partial charge in [-0.05, 0) is 39.7 Å². The number of phenolic OH excluding ortho intramolecular Hbond substituents is 1. The summed E-state index contributed by atoms with van der Waals surface area (Å²) >= 11 is 0. The van der Waals surface area contributed by atoms with Gasteiger partial charge in [0.05, 0.1) is 7.11 Å². The first kappa shape index (κ1) is 24.0. The number of methoxy groups -OCH3 is 1. The minimum Gasteiger partial charge on any atom is -0.508 e. The molecule has 0 aliphatic heterocycles. The molecule has 1 aliphatic rings. The normalized spacial score (nSPS) is 14.2. The summed E-state index contributed by atoms with van der Waals surface area (Å²) in [4.78, 5) is 50.7.